The van der Waals surface area contributed by atoms with Gasteiger partial charge in [-0.1, -0.05) is 11.6 Å². The smallest absolute Gasteiger partial charge is 0.401 e. The first kappa shape index (κ1) is 25.1. The van der Waals surface area contributed by atoms with Crippen molar-refractivity contribution in [1.82, 2.24) is 15.5 Å². The molecule has 0 spiro atoms. The van der Waals surface area contributed by atoms with E-state index in [1.165, 1.54) is 4.90 Å². The number of guanidine groups is 1. The van der Waals surface area contributed by atoms with Gasteiger partial charge in [-0.15, -0.1) is 24.0 Å². The summed E-state index contributed by atoms with van der Waals surface area (Å²) < 4.78 is 43.1. The Bertz CT molecular complexity index is 616. The summed E-state index contributed by atoms with van der Waals surface area (Å²) in [4.78, 5) is 5.59. The second-order valence-corrected chi connectivity index (χ2v) is 7.16. The average Bonchev–Trinajstić information content (AvgIpc) is 3.02. The van der Waals surface area contributed by atoms with Crippen LogP contribution in [0.1, 0.15) is 13.3 Å². The van der Waals surface area contributed by atoms with Gasteiger partial charge in [0.15, 0.2) is 5.96 Å². The van der Waals surface area contributed by atoms with E-state index in [9.17, 15) is 13.2 Å². The lowest BCUT2D eigenvalue weighted by Gasteiger charge is -2.20. The number of aliphatic imine (C=N–C) groups is 1. The van der Waals surface area contributed by atoms with Gasteiger partial charge in [-0.25, -0.2) is 0 Å². The normalized spacial score (nSPS) is 19.1. The second-order valence-electron chi connectivity index (χ2n) is 6.72. The quantitative estimate of drug-likeness (QED) is 0.318. The van der Waals surface area contributed by atoms with E-state index in [0.29, 0.717) is 37.2 Å². The van der Waals surface area contributed by atoms with Crippen LogP contribution in [-0.2, 0) is 0 Å². The van der Waals surface area contributed by atoms with E-state index in [1.54, 1.807) is 31.3 Å². The summed E-state index contributed by atoms with van der Waals surface area (Å²) in [6.45, 7) is 3.13. The van der Waals surface area contributed by atoms with Crippen molar-refractivity contribution in [3.8, 4) is 5.75 Å². The van der Waals surface area contributed by atoms with Gasteiger partial charge >= 0.3 is 6.18 Å². The van der Waals surface area contributed by atoms with Crippen molar-refractivity contribution < 1.29 is 17.9 Å². The zero-order valence-electron chi connectivity index (χ0n) is 15.9. The van der Waals surface area contributed by atoms with E-state index in [-0.39, 0.29) is 36.0 Å². The third-order valence-electron chi connectivity index (χ3n) is 4.26. The molecule has 1 aliphatic heterocycles. The fourth-order valence-electron chi connectivity index (χ4n) is 2.97. The highest BCUT2D eigenvalue weighted by Gasteiger charge is 2.34. The first-order valence-corrected chi connectivity index (χ1v) is 9.29. The minimum atomic E-state index is -4.14. The number of nitrogens with zero attached hydrogens (tertiary/aromatic N) is 2. The highest BCUT2D eigenvalue weighted by Crippen LogP contribution is 2.22. The highest BCUT2D eigenvalue weighted by atomic mass is 127. The Morgan fingerprint density at radius 2 is 2.00 bits per heavy atom. The van der Waals surface area contributed by atoms with Crippen LogP contribution in [0.15, 0.2) is 29.3 Å². The molecule has 2 atom stereocenters. The van der Waals surface area contributed by atoms with Crippen LogP contribution in [0, 0.1) is 5.92 Å². The molecule has 1 heterocycles. The van der Waals surface area contributed by atoms with Crippen LogP contribution in [0.5, 0.6) is 5.75 Å². The molecule has 0 bridgehead atoms. The van der Waals surface area contributed by atoms with E-state index >= 15 is 0 Å². The molecule has 1 aromatic rings. The zero-order chi connectivity index (χ0) is 19.9. The van der Waals surface area contributed by atoms with Gasteiger partial charge in [0, 0.05) is 25.2 Å². The van der Waals surface area contributed by atoms with Crippen molar-refractivity contribution in [2.45, 2.75) is 25.6 Å². The Balaban J connectivity index is 0.00000392. The van der Waals surface area contributed by atoms with Gasteiger partial charge in [0.05, 0.1) is 13.1 Å². The molecule has 1 aliphatic rings. The number of likely N-dealkylation sites (tertiary alicyclic amines) is 1. The number of ether oxygens (including phenoxy) is 1. The summed E-state index contributed by atoms with van der Waals surface area (Å²) in [7, 11) is 1.66. The van der Waals surface area contributed by atoms with Gasteiger partial charge in [-0.05, 0) is 50.1 Å². The van der Waals surface area contributed by atoms with E-state index in [4.69, 9.17) is 16.3 Å². The lowest BCUT2D eigenvalue weighted by molar-refractivity contribution is -0.143. The van der Waals surface area contributed by atoms with Crippen LogP contribution in [0.3, 0.4) is 0 Å². The Hall–Kier alpha value is -0.940. The van der Waals surface area contributed by atoms with E-state index in [1.807, 2.05) is 6.92 Å². The molecule has 2 rings (SSSR count). The van der Waals surface area contributed by atoms with Crippen LogP contribution >= 0.6 is 35.6 Å². The molecule has 2 unspecified atom stereocenters. The number of hydrogen-bond acceptors (Lipinski definition) is 3. The zero-order valence-corrected chi connectivity index (χ0v) is 19.0. The summed E-state index contributed by atoms with van der Waals surface area (Å²) in [5.74, 6) is 1.51. The minimum Gasteiger partial charge on any atom is -0.489 e. The lowest BCUT2D eigenvalue weighted by atomic mass is 10.1. The van der Waals surface area contributed by atoms with Crippen LogP contribution in [-0.4, -0.2) is 62.9 Å². The predicted octanol–water partition coefficient (Wildman–Crippen LogP) is 3.77. The maximum absolute atomic E-state index is 12.5. The summed E-state index contributed by atoms with van der Waals surface area (Å²) in [6.07, 6.45) is -3.49. The van der Waals surface area contributed by atoms with Gasteiger partial charge in [0.2, 0.25) is 0 Å². The number of benzene rings is 1. The number of hydrogen-bond donors (Lipinski definition) is 2. The van der Waals surface area contributed by atoms with E-state index in [0.717, 1.165) is 12.2 Å². The van der Waals surface area contributed by atoms with Crippen molar-refractivity contribution in [2.75, 3.05) is 39.8 Å². The van der Waals surface area contributed by atoms with Gasteiger partial charge in [0.1, 0.15) is 11.9 Å². The molecule has 28 heavy (non-hydrogen) atoms. The summed E-state index contributed by atoms with van der Waals surface area (Å²) in [6, 6.07) is 7.14. The van der Waals surface area contributed by atoms with Gasteiger partial charge in [0.25, 0.3) is 0 Å². The molecule has 0 aromatic heterocycles. The molecule has 0 radical (unpaired) electrons. The molecule has 160 valence electrons. The topological polar surface area (TPSA) is 48.9 Å². The number of halogens is 5. The molecule has 10 heteroatoms. The fourth-order valence-corrected chi connectivity index (χ4v) is 3.09. The van der Waals surface area contributed by atoms with E-state index < -0.39 is 12.7 Å². The SMILES string of the molecule is CN=C(NCC1CCN(CC(F)(F)F)C1)NCC(C)Oc1ccc(Cl)cc1.I. The molecule has 1 aromatic carbocycles. The monoisotopic (exact) mass is 534 g/mol. The van der Waals surface area contributed by atoms with Gasteiger partial charge in [-0.2, -0.15) is 13.2 Å². The van der Waals surface area contributed by atoms with Crippen molar-refractivity contribution in [2.24, 2.45) is 10.9 Å². The summed E-state index contributed by atoms with van der Waals surface area (Å²) in [5, 5.41) is 7.00. The van der Waals surface area contributed by atoms with Gasteiger partial charge < -0.3 is 15.4 Å². The Labute approximate surface area is 186 Å². The molecule has 1 saturated heterocycles. The minimum absolute atomic E-state index is 0. The highest BCUT2D eigenvalue weighted by molar-refractivity contribution is 14.0. The molecule has 5 nitrogen and oxygen atoms in total. The van der Waals surface area contributed by atoms with Crippen LogP contribution in [0.4, 0.5) is 13.2 Å². The van der Waals surface area contributed by atoms with Gasteiger partial charge in [-0.3, -0.25) is 9.89 Å². The molecular formula is C18H27ClF3IN4O. The van der Waals surface area contributed by atoms with Crippen molar-refractivity contribution in [1.29, 1.82) is 0 Å². The molecule has 0 aliphatic carbocycles. The third-order valence-corrected chi connectivity index (χ3v) is 4.51. The van der Waals surface area contributed by atoms with Crippen LogP contribution in [0.2, 0.25) is 5.02 Å². The van der Waals surface area contributed by atoms with Crippen LogP contribution in [0.25, 0.3) is 0 Å². The third kappa shape index (κ3) is 9.51. The standard InChI is InChI=1S/C18H26ClF3N4O.HI/c1-13(27-16-5-3-15(19)4-6-16)9-24-17(23-2)25-10-14-7-8-26(11-14)12-18(20,21)22;/h3-6,13-14H,7-12H2,1-2H3,(H2,23,24,25);1H. The number of nitrogens with one attached hydrogen (secondary N) is 2. The average molecular weight is 535 g/mol. The second kappa shape index (κ2) is 11.9. The molecule has 0 saturated carbocycles. The van der Waals surface area contributed by atoms with Crippen molar-refractivity contribution >= 4 is 41.5 Å². The van der Waals surface area contributed by atoms with E-state index in [2.05, 4.69) is 15.6 Å². The largest absolute Gasteiger partial charge is 0.489 e. The Kier molecular flexibility index (Phi) is 10.7. The first-order chi connectivity index (χ1) is 12.7. The van der Waals surface area contributed by atoms with Crippen molar-refractivity contribution in [3.63, 3.8) is 0 Å². The maximum Gasteiger partial charge on any atom is 0.401 e. The Morgan fingerprint density at radius 1 is 1.32 bits per heavy atom. The molecular weight excluding hydrogens is 508 g/mol. The summed E-state index contributed by atoms with van der Waals surface area (Å²) >= 11 is 5.85. The maximum atomic E-state index is 12.5. The molecule has 0 amide bonds. The summed E-state index contributed by atoms with van der Waals surface area (Å²) in [5.41, 5.74) is 0. The van der Waals surface area contributed by atoms with Crippen LogP contribution < -0.4 is 15.4 Å². The first-order valence-electron chi connectivity index (χ1n) is 8.91. The predicted molar refractivity (Wildman–Crippen MR) is 117 cm³/mol. The number of rotatable bonds is 7. The molecule has 1 fully saturated rings. The Morgan fingerprint density at radius 3 is 2.61 bits per heavy atom. The van der Waals surface area contributed by atoms with Crippen molar-refractivity contribution in [3.05, 3.63) is 29.3 Å². The molecule has 2 N–H and O–H groups in total. The number of alkyl halides is 3. The lowest BCUT2D eigenvalue weighted by Crippen LogP contribution is -2.43. The fraction of sp³-hybridized carbons (Fsp3) is 0.611.